The van der Waals surface area contributed by atoms with Gasteiger partial charge in [-0.05, 0) is 43.2 Å². The van der Waals surface area contributed by atoms with Crippen LogP contribution in [-0.2, 0) is 4.79 Å². The van der Waals surface area contributed by atoms with Crippen molar-refractivity contribution in [3.8, 4) is 5.75 Å². The fourth-order valence-corrected chi connectivity index (χ4v) is 2.11. The molecule has 0 aliphatic heterocycles. The lowest BCUT2D eigenvalue weighted by Gasteiger charge is -2.11. The van der Waals surface area contributed by atoms with Gasteiger partial charge in [0.2, 0.25) is 0 Å². The van der Waals surface area contributed by atoms with Crippen molar-refractivity contribution >= 4 is 27.5 Å². The quantitative estimate of drug-likeness (QED) is 0.915. The number of hydrogen-bond acceptors (Lipinski definition) is 2. The lowest BCUT2D eigenvalue weighted by atomic mass is 10.2. The minimum absolute atomic E-state index is 0.00831. The average molecular weight is 334 g/mol. The lowest BCUT2D eigenvalue weighted by molar-refractivity contribution is -0.118. The number of nitrogens with one attached hydrogen (secondary N) is 1. The van der Waals surface area contributed by atoms with Gasteiger partial charge in [0.15, 0.2) is 6.61 Å². The second-order valence-corrected chi connectivity index (χ2v) is 5.48. The van der Waals surface area contributed by atoms with Gasteiger partial charge in [0.1, 0.15) is 5.75 Å². The SMILES string of the molecule is Cc1ccccc1NC(=O)COc1cc(Br)ccc1C. The first-order chi connectivity index (χ1) is 9.56. The van der Waals surface area contributed by atoms with Crippen LogP contribution in [0.2, 0.25) is 0 Å². The lowest BCUT2D eigenvalue weighted by Crippen LogP contribution is -2.20. The summed E-state index contributed by atoms with van der Waals surface area (Å²) in [5, 5.41) is 2.84. The van der Waals surface area contributed by atoms with Gasteiger partial charge >= 0.3 is 0 Å². The third kappa shape index (κ3) is 3.84. The van der Waals surface area contributed by atoms with E-state index in [0.717, 1.165) is 21.3 Å². The van der Waals surface area contributed by atoms with E-state index in [1.807, 2.05) is 56.3 Å². The Kier molecular flexibility index (Phi) is 4.79. The molecule has 0 aliphatic rings. The molecule has 0 spiro atoms. The number of amides is 1. The van der Waals surface area contributed by atoms with Gasteiger partial charge in [0, 0.05) is 10.2 Å². The Morgan fingerprint density at radius 3 is 2.65 bits per heavy atom. The highest BCUT2D eigenvalue weighted by Crippen LogP contribution is 2.23. The predicted molar refractivity (Wildman–Crippen MR) is 84.2 cm³/mol. The number of carbonyl (C=O) groups is 1. The number of rotatable bonds is 4. The third-order valence-electron chi connectivity index (χ3n) is 2.93. The molecule has 4 heteroatoms. The summed E-state index contributed by atoms with van der Waals surface area (Å²) in [5.74, 6) is 0.540. The zero-order valence-corrected chi connectivity index (χ0v) is 13.0. The molecular formula is C16H16BrNO2. The van der Waals surface area contributed by atoms with Crippen molar-refractivity contribution in [1.82, 2.24) is 0 Å². The van der Waals surface area contributed by atoms with Crippen LogP contribution in [0.3, 0.4) is 0 Å². The summed E-state index contributed by atoms with van der Waals surface area (Å²) in [5.41, 5.74) is 2.84. The number of halogens is 1. The molecule has 0 aromatic heterocycles. The number of hydrogen-bond donors (Lipinski definition) is 1. The maximum Gasteiger partial charge on any atom is 0.262 e. The van der Waals surface area contributed by atoms with Crippen molar-refractivity contribution in [2.24, 2.45) is 0 Å². The van der Waals surface area contributed by atoms with Gasteiger partial charge in [-0.25, -0.2) is 0 Å². The summed E-state index contributed by atoms with van der Waals surface area (Å²) >= 11 is 3.39. The van der Waals surface area contributed by atoms with Crippen LogP contribution >= 0.6 is 15.9 Å². The number of para-hydroxylation sites is 1. The molecule has 0 radical (unpaired) electrons. The van der Waals surface area contributed by atoms with Crippen molar-refractivity contribution < 1.29 is 9.53 Å². The molecule has 1 amide bonds. The molecule has 2 aromatic rings. The van der Waals surface area contributed by atoms with Crippen LogP contribution in [0.25, 0.3) is 0 Å². The molecule has 2 aromatic carbocycles. The predicted octanol–water partition coefficient (Wildman–Crippen LogP) is 4.08. The fraction of sp³-hybridized carbons (Fsp3) is 0.188. The van der Waals surface area contributed by atoms with Crippen LogP contribution in [0.5, 0.6) is 5.75 Å². The largest absolute Gasteiger partial charge is 0.483 e. The summed E-state index contributed by atoms with van der Waals surface area (Å²) in [6.45, 7) is 3.89. The van der Waals surface area contributed by atoms with Crippen molar-refractivity contribution in [2.45, 2.75) is 13.8 Å². The topological polar surface area (TPSA) is 38.3 Å². The van der Waals surface area contributed by atoms with Gasteiger partial charge in [-0.1, -0.05) is 40.2 Å². The Bertz CT molecular complexity index is 626. The molecule has 0 heterocycles. The molecule has 0 saturated heterocycles. The number of carbonyl (C=O) groups excluding carboxylic acids is 1. The van der Waals surface area contributed by atoms with E-state index in [9.17, 15) is 4.79 Å². The summed E-state index contributed by atoms with van der Waals surface area (Å²) < 4.78 is 6.48. The van der Waals surface area contributed by atoms with E-state index in [1.165, 1.54) is 0 Å². The second-order valence-electron chi connectivity index (χ2n) is 4.56. The third-order valence-corrected chi connectivity index (χ3v) is 3.42. The van der Waals surface area contributed by atoms with Crippen LogP contribution in [-0.4, -0.2) is 12.5 Å². The minimum Gasteiger partial charge on any atom is -0.483 e. The van der Waals surface area contributed by atoms with E-state index in [0.29, 0.717) is 5.75 Å². The average Bonchev–Trinajstić information content (AvgIpc) is 2.42. The van der Waals surface area contributed by atoms with Crippen molar-refractivity contribution in [2.75, 3.05) is 11.9 Å². The van der Waals surface area contributed by atoms with E-state index in [4.69, 9.17) is 4.74 Å². The first kappa shape index (κ1) is 14.6. The highest BCUT2D eigenvalue weighted by Gasteiger charge is 2.07. The molecule has 0 unspecified atom stereocenters. The Labute approximate surface area is 127 Å². The van der Waals surface area contributed by atoms with Crippen molar-refractivity contribution in [1.29, 1.82) is 0 Å². The summed E-state index contributed by atoms with van der Waals surface area (Å²) in [6, 6.07) is 13.4. The molecular weight excluding hydrogens is 318 g/mol. The molecule has 20 heavy (non-hydrogen) atoms. The van der Waals surface area contributed by atoms with E-state index < -0.39 is 0 Å². The van der Waals surface area contributed by atoms with Crippen molar-refractivity contribution in [3.63, 3.8) is 0 Å². The summed E-state index contributed by atoms with van der Waals surface area (Å²) in [4.78, 5) is 11.9. The molecule has 0 aliphatic carbocycles. The highest BCUT2D eigenvalue weighted by molar-refractivity contribution is 9.10. The van der Waals surface area contributed by atoms with Crippen LogP contribution < -0.4 is 10.1 Å². The number of ether oxygens (including phenoxy) is 1. The second kappa shape index (κ2) is 6.57. The normalized spacial score (nSPS) is 10.2. The minimum atomic E-state index is -0.168. The molecule has 2 rings (SSSR count). The van der Waals surface area contributed by atoms with Crippen molar-refractivity contribution in [3.05, 3.63) is 58.1 Å². The van der Waals surface area contributed by atoms with Crippen LogP contribution in [0.1, 0.15) is 11.1 Å². The smallest absolute Gasteiger partial charge is 0.262 e. The number of anilines is 1. The van der Waals surface area contributed by atoms with Gasteiger partial charge in [-0.15, -0.1) is 0 Å². The van der Waals surface area contributed by atoms with E-state index in [1.54, 1.807) is 0 Å². The summed E-state index contributed by atoms with van der Waals surface area (Å²) in [6.07, 6.45) is 0. The van der Waals surface area contributed by atoms with Crippen LogP contribution in [0, 0.1) is 13.8 Å². The molecule has 0 bridgehead atoms. The van der Waals surface area contributed by atoms with Crippen LogP contribution in [0.4, 0.5) is 5.69 Å². The Morgan fingerprint density at radius 2 is 1.90 bits per heavy atom. The zero-order chi connectivity index (χ0) is 14.5. The Morgan fingerprint density at radius 1 is 1.15 bits per heavy atom. The number of benzene rings is 2. The van der Waals surface area contributed by atoms with Gasteiger partial charge < -0.3 is 10.1 Å². The van der Waals surface area contributed by atoms with E-state index >= 15 is 0 Å². The molecule has 0 atom stereocenters. The van der Waals surface area contributed by atoms with Gasteiger partial charge in [0.25, 0.3) is 5.91 Å². The molecule has 1 N–H and O–H groups in total. The van der Waals surface area contributed by atoms with Gasteiger partial charge in [-0.3, -0.25) is 4.79 Å². The Hall–Kier alpha value is -1.81. The molecule has 104 valence electrons. The fourth-order valence-electron chi connectivity index (χ4n) is 1.77. The first-order valence-electron chi connectivity index (χ1n) is 6.30. The maximum atomic E-state index is 11.9. The monoisotopic (exact) mass is 333 g/mol. The van der Waals surface area contributed by atoms with Gasteiger partial charge in [0.05, 0.1) is 0 Å². The number of aryl methyl sites for hydroxylation is 2. The van der Waals surface area contributed by atoms with E-state index in [-0.39, 0.29) is 12.5 Å². The van der Waals surface area contributed by atoms with Crippen LogP contribution in [0.15, 0.2) is 46.9 Å². The van der Waals surface area contributed by atoms with E-state index in [2.05, 4.69) is 21.2 Å². The maximum absolute atomic E-state index is 11.9. The van der Waals surface area contributed by atoms with Gasteiger partial charge in [-0.2, -0.15) is 0 Å². The highest BCUT2D eigenvalue weighted by atomic mass is 79.9. The molecule has 0 fully saturated rings. The zero-order valence-electron chi connectivity index (χ0n) is 11.4. The molecule has 0 saturated carbocycles. The summed E-state index contributed by atoms with van der Waals surface area (Å²) in [7, 11) is 0. The Balaban J connectivity index is 1.96. The molecule has 3 nitrogen and oxygen atoms in total. The standard InChI is InChI=1S/C16H16BrNO2/c1-11-5-3-4-6-14(11)18-16(19)10-20-15-9-13(17)8-7-12(15)2/h3-9H,10H2,1-2H3,(H,18,19). The first-order valence-corrected chi connectivity index (χ1v) is 7.10.